The number of fused-ring (bicyclic) bond motifs is 1. The Kier molecular flexibility index (Phi) is 4.39. The topological polar surface area (TPSA) is 57.9 Å². The number of nitrogens with zero attached hydrogens (tertiary/aromatic N) is 2. The highest BCUT2D eigenvalue weighted by molar-refractivity contribution is 5.94. The molecule has 0 aliphatic heterocycles. The van der Waals surface area contributed by atoms with Gasteiger partial charge in [-0.1, -0.05) is 30.3 Å². The highest BCUT2D eigenvalue weighted by Gasteiger charge is 2.10. The quantitative estimate of drug-likeness (QED) is 0.770. The van der Waals surface area contributed by atoms with E-state index in [1.54, 1.807) is 6.20 Å². The van der Waals surface area contributed by atoms with Gasteiger partial charge in [-0.3, -0.25) is 4.98 Å². The minimum Gasteiger partial charge on any atom is -0.494 e. The lowest BCUT2D eigenvalue weighted by Gasteiger charge is -2.12. The summed E-state index contributed by atoms with van der Waals surface area (Å²) in [6.45, 7) is 3.19. The van der Waals surface area contributed by atoms with Crippen LogP contribution < -0.4 is 10.1 Å². The molecule has 0 aliphatic rings. The number of ether oxygens (including phenoxy) is 1. The van der Waals surface area contributed by atoms with Crippen LogP contribution >= 0.6 is 0 Å². The molecule has 1 heterocycles. The summed E-state index contributed by atoms with van der Waals surface area (Å²) in [5.41, 5.74) is 3.32. The number of hydrogen-bond acceptors (Lipinski definition) is 4. The van der Waals surface area contributed by atoms with Crippen LogP contribution in [0.3, 0.4) is 0 Å². The molecule has 3 aromatic rings. The molecule has 3 rings (SSSR count). The molecule has 0 atom stereocenters. The normalized spacial score (nSPS) is 10.3. The minimum atomic E-state index is 0.530. The molecule has 0 spiro atoms. The van der Waals surface area contributed by atoms with E-state index in [9.17, 15) is 5.26 Å². The second-order valence-corrected chi connectivity index (χ2v) is 5.11. The first-order valence-corrected chi connectivity index (χ1v) is 7.55. The summed E-state index contributed by atoms with van der Waals surface area (Å²) in [7, 11) is 0. The number of hydrogen-bond donors (Lipinski definition) is 1. The number of nitriles is 1. The Hall–Kier alpha value is -3.06. The number of aromatic nitrogens is 1. The first-order valence-electron chi connectivity index (χ1n) is 7.55. The number of nitrogens with one attached hydrogen (secondary N) is 1. The molecular formula is C19H17N3O. The number of anilines is 1. The molecule has 23 heavy (non-hydrogen) atoms. The minimum absolute atomic E-state index is 0.530. The fourth-order valence-corrected chi connectivity index (χ4v) is 2.49. The molecule has 0 saturated carbocycles. The van der Waals surface area contributed by atoms with Gasteiger partial charge in [0, 0.05) is 18.1 Å². The van der Waals surface area contributed by atoms with Crippen LogP contribution in [0, 0.1) is 11.3 Å². The highest BCUT2D eigenvalue weighted by atomic mass is 16.5. The van der Waals surface area contributed by atoms with Crippen molar-refractivity contribution < 1.29 is 4.74 Å². The van der Waals surface area contributed by atoms with Crippen molar-refractivity contribution in [3.63, 3.8) is 0 Å². The lowest BCUT2D eigenvalue weighted by atomic mass is 10.1. The van der Waals surface area contributed by atoms with Crippen molar-refractivity contribution in [3.8, 4) is 11.8 Å². The maximum Gasteiger partial charge on any atom is 0.120 e. The van der Waals surface area contributed by atoms with Gasteiger partial charge in [0.05, 0.1) is 23.4 Å². The van der Waals surface area contributed by atoms with E-state index in [4.69, 9.17) is 4.74 Å². The maximum absolute atomic E-state index is 9.39. The third kappa shape index (κ3) is 3.24. The first-order chi connectivity index (χ1) is 11.3. The lowest BCUT2D eigenvalue weighted by molar-refractivity contribution is 0.340. The summed E-state index contributed by atoms with van der Waals surface area (Å²) in [6, 6.07) is 18.0. The molecule has 114 valence electrons. The Morgan fingerprint density at radius 2 is 2.00 bits per heavy atom. The van der Waals surface area contributed by atoms with Crippen molar-refractivity contribution in [3.05, 3.63) is 65.9 Å². The molecule has 0 radical (unpaired) electrons. The van der Waals surface area contributed by atoms with Gasteiger partial charge in [0.2, 0.25) is 0 Å². The van der Waals surface area contributed by atoms with Crippen molar-refractivity contribution in [2.24, 2.45) is 0 Å². The molecule has 4 nitrogen and oxygen atoms in total. The molecule has 1 aromatic heterocycles. The summed E-state index contributed by atoms with van der Waals surface area (Å²) in [4.78, 5) is 4.35. The maximum atomic E-state index is 9.39. The Morgan fingerprint density at radius 3 is 2.74 bits per heavy atom. The third-order valence-corrected chi connectivity index (χ3v) is 3.58. The smallest absolute Gasteiger partial charge is 0.120 e. The molecule has 1 N–H and O–H groups in total. The second kappa shape index (κ2) is 6.80. The first kappa shape index (κ1) is 14.9. The van der Waals surface area contributed by atoms with E-state index < -0.39 is 0 Å². The fraction of sp³-hybridized carbons (Fsp3) is 0.158. The van der Waals surface area contributed by atoms with Crippen molar-refractivity contribution in [1.82, 2.24) is 4.98 Å². The molecule has 0 unspecified atom stereocenters. The van der Waals surface area contributed by atoms with Gasteiger partial charge in [-0.25, -0.2) is 0 Å². The summed E-state index contributed by atoms with van der Waals surface area (Å²) in [5, 5.41) is 13.7. The van der Waals surface area contributed by atoms with E-state index in [1.807, 2.05) is 55.5 Å². The van der Waals surface area contributed by atoms with Crippen molar-refractivity contribution in [2.45, 2.75) is 13.5 Å². The Bertz CT molecular complexity index is 854. The predicted molar refractivity (Wildman–Crippen MR) is 91.4 cm³/mol. The predicted octanol–water partition coefficient (Wildman–Crippen LogP) is 4.12. The molecule has 0 fully saturated rings. The van der Waals surface area contributed by atoms with Crippen LogP contribution in [0.5, 0.6) is 5.75 Å². The molecule has 2 aromatic carbocycles. The van der Waals surface area contributed by atoms with Crippen LogP contribution in [-0.4, -0.2) is 11.6 Å². The van der Waals surface area contributed by atoms with Crippen LogP contribution in [0.1, 0.15) is 18.1 Å². The van der Waals surface area contributed by atoms with Crippen LogP contribution in [0.25, 0.3) is 10.9 Å². The van der Waals surface area contributed by atoms with E-state index in [1.165, 1.54) is 0 Å². The standard InChI is InChI=1S/C19H17N3O/c1-2-23-16-8-9-18-17(10-16)19(15(11-20)13-21-18)22-12-14-6-4-3-5-7-14/h3-10,13H,2,12H2,1H3,(H,21,22). The fourth-order valence-electron chi connectivity index (χ4n) is 2.49. The van der Waals surface area contributed by atoms with Gasteiger partial charge >= 0.3 is 0 Å². The zero-order valence-corrected chi connectivity index (χ0v) is 12.9. The molecular weight excluding hydrogens is 286 g/mol. The summed E-state index contributed by atoms with van der Waals surface area (Å²) in [5.74, 6) is 0.777. The van der Waals surface area contributed by atoms with Gasteiger partial charge in [-0.2, -0.15) is 5.26 Å². The van der Waals surface area contributed by atoms with Crippen LogP contribution in [-0.2, 0) is 6.54 Å². The SMILES string of the molecule is CCOc1ccc2ncc(C#N)c(NCc3ccccc3)c2c1. The Labute approximate surface area is 135 Å². The number of benzene rings is 2. The van der Waals surface area contributed by atoms with Crippen LogP contribution in [0.15, 0.2) is 54.7 Å². The van der Waals surface area contributed by atoms with Crippen molar-refractivity contribution >= 4 is 16.6 Å². The van der Waals surface area contributed by atoms with Crippen LogP contribution in [0.4, 0.5) is 5.69 Å². The average molecular weight is 303 g/mol. The number of pyridine rings is 1. The lowest BCUT2D eigenvalue weighted by Crippen LogP contribution is -2.03. The van der Waals surface area contributed by atoms with Gasteiger partial charge in [0.15, 0.2) is 0 Å². The molecule has 0 aliphatic carbocycles. The highest BCUT2D eigenvalue weighted by Crippen LogP contribution is 2.29. The second-order valence-electron chi connectivity index (χ2n) is 5.11. The van der Waals surface area contributed by atoms with Gasteiger partial charge in [-0.15, -0.1) is 0 Å². The summed E-state index contributed by atoms with van der Waals surface area (Å²) in [6.07, 6.45) is 1.61. The molecule has 4 heteroatoms. The van der Waals surface area contributed by atoms with Crippen molar-refractivity contribution in [2.75, 3.05) is 11.9 Å². The van der Waals surface area contributed by atoms with Crippen LogP contribution in [0.2, 0.25) is 0 Å². The van der Waals surface area contributed by atoms with E-state index >= 15 is 0 Å². The zero-order chi connectivity index (χ0) is 16.1. The molecule has 0 amide bonds. The van der Waals surface area contributed by atoms with E-state index in [0.29, 0.717) is 18.7 Å². The third-order valence-electron chi connectivity index (χ3n) is 3.58. The van der Waals surface area contributed by atoms with E-state index in [2.05, 4.69) is 16.4 Å². The Balaban J connectivity index is 2.01. The van der Waals surface area contributed by atoms with Gasteiger partial charge < -0.3 is 10.1 Å². The van der Waals surface area contributed by atoms with Gasteiger partial charge in [-0.05, 0) is 30.7 Å². The van der Waals surface area contributed by atoms with E-state index in [-0.39, 0.29) is 0 Å². The van der Waals surface area contributed by atoms with E-state index in [0.717, 1.165) is 27.9 Å². The Morgan fingerprint density at radius 1 is 1.17 bits per heavy atom. The summed E-state index contributed by atoms with van der Waals surface area (Å²) >= 11 is 0. The number of rotatable bonds is 5. The monoisotopic (exact) mass is 303 g/mol. The largest absolute Gasteiger partial charge is 0.494 e. The average Bonchev–Trinajstić information content (AvgIpc) is 2.60. The zero-order valence-electron chi connectivity index (χ0n) is 12.9. The molecule has 0 saturated heterocycles. The summed E-state index contributed by atoms with van der Waals surface area (Å²) < 4.78 is 5.57. The van der Waals surface area contributed by atoms with Crippen molar-refractivity contribution in [1.29, 1.82) is 5.26 Å². The van der Waals surface area contributed by atoms with Gasteiger partial charge in [0.1, 0.15) is 11.8 Å². The molecule has 0 bridgehead atoms. The van der Waals surface area contributed by atoms with Gasteiger partial charge in [0.25, 0.3) is 0 Å².